The lowest BCUT2D eigenvalue weighted by Gasteiger charge is -2.57. The summed E-state index contributed by atoms with van der Waals surface area (Å²) >= 11 is 3.42. The van der Waals surface area contributed by atoms with E-state index in [1.165, 1.54) is 64.4 Å². The first-order valence-electron chi connectivity index (χ1n) is 12.7. The average molecular weight is 565 g/mol. The van der Waals surface area contributed by atoms with Gasteiger partial charge < -0.3 is 9.47 Å². The summed E-state index contributed by atoms with van der Waals surface area (Å²) in [5.74, 6) is 1.87. The average Bonchev–Trinajstić information content (AvgIpc) is 2.85. The molecule has 5 aliphatic rings. The summed E-state index contributed by atoms with van der Waals surface area (Å²) in [5.41, 5.74) is 2.27. The first-order valence-corrected chi connectivity index (χ1v) is 13.5. The van der Waals surface area contributed by atoms with Crippen molar-refractivity contribution >= 4 is 45.5 Å². The Balaban J connectivity index is 1.32. The Labute approximate surface area is 224 Å². The molecule has 7 nitrogen and oxygen atoms in total. The van der Waals surface area contributed by atoms with Gasteiger partial charge in [-0.25, -0.2) is 9.69 Å². The van der Waals surface area contributed by atoms with Gasteiger partial charge in [0.1, 0.15) is 5.57 Å². The van der Waals surface area contributed by atoms with Gasteiger partial charge in [-0.15, -0.1) is 0 Å². The van der Waals surface area contributed by atoms with Gasteiger partial charge in [-0.1, -0.05) is 28.1 Å². The van der Waals surface area contributed by atoms with E-state index in [4.69, 9.17) is 9.47 Å². The van der Waals surface area contributed by atoms with Crippen LogP contribution in [0, 0.1) is 17.8 Å². The van der Waals surface area contributed by atoms with Gasteiger partial charge in [0, 0.05) is 10.0 Å². The maximum atomic E-state index is 13.5. The molecule has 0 aromatic heterocycles. The van der Waals surface area contributed by atoms with Crippen LogP contribution in [0.3, 0.4) is 0 Å². The maximum Gasteiger partial charge on any atom is 0.335 e. The van der Waals surface area contributed by atoms with E-state index in [1.54, 1.807) is 12.1 Å². The van der Waals surface area contributed by atoms with Crippen molar-refractivity contribution in [1.82, 2.24) is 5.32 Å². The fourth-order valence-corrected chi connectivity index (χ4v) is 8.00. The van der Waals surface area contributed by atoms with Crippen LogP contribution < -0.4 is 19.7 Å². The zero-order valence-electron chi connectivity index (χ0n) is 20.9. The molecule has 0 atom stereocenters. The lowest BCUT2D eigenvalue weighted by molar-refractivity contribution is -0.122. The van der Waals surface area contributed by atoms with Crippen molar-refractivity contribution in [3.05, 3.63) is 57.6 Å². The topological polar surface area (TPSA) is 84.9 Å². The number of ether oxygens (including phenoxy) is 2. The molecular formula is C29H29BrN2O5. The van der Waals surface area contributed by atoms with Crippen LogP contribution in [0.2, 0.25) is 0 Å². The van der Waals surface area contributed by atoms with Gasteiger partial charge in [0.15, 0.2) is 11.5 Å². The third-order valence-corrected chi connectivity index (χ3v) is 9.11. The van der Waals surface area contributed by atoms with Crippen molar-refractivity contribution < 1.29 is 23.9 Å². The number of carbonyl (C=O) groups excluding carboxylic acids is 3. The number of urea groups is 1. The van der Waals surface area contributed by atoms with E-state index in [-0.39, 0.29) is 11.0 Å². The predicted molar refractivity (Wildman–Crippen MR) is 143 cm³/mol. The second-order valence-corrected chi connectivity index (χ2v) is 11.8. The Morgan fingerprint density at radius 3 is 2.14 bits per heavy atom. The Morgan fingerprint density at radius 2 is 1.57 bits per heavy atom. The highest BCUT2D eigenvalue weighted by Gasteiger charge is 2.51. The molecule has 8 heteroatoms. The van der Waals surface area contributed by atoms with E-state index in [9.17, 15) is 14.4 Å². The predicted octanol–water partition coefficient (Wildman–Crippen LogP) is 5.60. The zero-order valence-corrected chi connectivity index (χ0v) is 22.5. The second kappa shape index (κ2) is 9.01. The normalized spacial score (nSPS) is 29.6. The third-order valence-electron chi connectivity index (χ3n) is 8.65. The summed E-state index contributed by atoms with van der Waals surface area (Å²) in [5, 5.41) is 2.31. The number of benzene rings is 2. The van der Waals surface area contributed by atoms with Crippen LogP contribution in [0.1, 0.15) is 49.7 Å². The highest BCUT2D eigenvalue weighted by Crippen LogP contribution is 2.60. The van der Waals surface area contributed by atoms with Crippen LogP contribution in [0.5, 0.6) is 11.5 Å². The van der Waals surface area contributed by atoms with E-state index in [0.717, 1.165) is 22.7 Å². The lowest BCUT2D eigenvalue weighted by Crippen LogP contribution is -2.54. The van der Waals surface area contributed by atoms with Gasteiger partial charge in [0.2, 0.25) is 0 Å². The number of nitrogens with one attached hydrogen (secondary N) is 1. The number of hydrogen-bond acceptors (Lipinski definition) is 5. The van der Waals surface area contributed by atoms with Crippen LogP contribution in [-0.4, -0.2) is 32.1 Å². The molecule has 2 aromatic rings. The van der Waals surface area contributed by atoms with E-state index in [2.05, 4.69) is 33.4 Å². The lowest BCUT2D eigenvalue weighted by atomic mass is 9.48. The minimum Gasteiger partial charge on any atom is -0.493 e. The Morgan fingerprint density at radius 1 is 0.946 bits per heavy atom. The first kappa shape index (κ1) is 24.2. The van der Waals surface area contributed by atoms with Crippen molar-refractivity contribution in [2.75, 3.05) is 19.1 Å². The fraction of sp³-hybridized carbons (Fsp3) is 0.414. The molecule has 1 saturated heterocycles. The van der Waals surface area contributed by atoms with Gasteiger partial charge in [0.05, 0.1) is 19.9 Å². The maximum absolute atomic E-state index is 13.5. The molecule has 1 N–H and O–H groups in total. The quantitative estimate of drug-likeness (QED) is 0.377. The van der Waals surface area contributed by atoms with E-state index >= 15 is 0 Å². The molecule has 37 heavy (non-hydrogen) atoms. The summed E-state index contributed by atoms with van der Waals surface area (Å²) in [6.45, 7) is 0. The summed E-state index contributed by atoms with van der Waals surface area (Å²) < 4.78 is 11.5. The number of amides is 4. The Bertz CT molecular complexity index is 1300. The molecule has 2 aromatic carbocycles. The van der Waals surface area contributed by atoms with Gasteiger partial charge in [-0.2, -0.15) is 0 Å². The Kier molecular flexibility index (Phi) is 5.90. The number of rotatable bonds is 5. The van der Waals surface area contributed by atoms with Gasteiger partial charge >= 0.3 is 6.03 Å². The number of imide groups is 2. The van der Waals surface area contributed by atoms with Gasteiger partial charge in [-0.05, 0) is 97.6 Å². The van der Waals surface area contributed by atoms with Crippen LogP contribution in [-0.2, 0) is 15.0 Å². The molecule has 5 fully saturated rings. The molecule has 4 amide bonds. The molecule has 4 bridgehead atoms. The minimum absolute atomic E-state index is 0.164. The van der Waals surface area contributed by atoms with Crippen molar-refractivity contribution in [2.45, 2.75) is 43.9 Å². The van der Waals surface area contributed by atoms with Crippen molar-refractivity contribution in [3.63, 3.8) is 0 Å². The van der Waals surface area contributed by atoms with Crippen LogP contribution in [0.4, 0.5) is 10.5 Å². The second-order valence-electron chi connectivity index (χ2n) is 10.9. The van der Waals surface area contributed by atoms with Gasteiger partial charge in [0.25, 0.3) is 11.8 Å². The standard InChI is InChI=1S/C29H29BrN2O5/c1-36-24-12-21(30)10-19(25(24)37-2)11-23-26(33)31-28(35)32(27(23)34)22-5-3-20(4-6-22)29-13-16-7-17(14-29)9-18(8-16)15-29/h3-6,10-12,16-18H,7-9,13-15H2,1-2H3,(H,31,33,35)/b23-11+. The molecule has 0 radical (unpaired) electrons. The van der Waals surface area contributed by atoms with Crippen LogP contribution in [0.25, 0.3) is 6.08 Å². The summed E-state index contributed by atoms with van der Waals surface area (Å²) in [6, 6.07) is 10.5. The molecule has 4 aliphatic carbocycles. The molecule has 1 heterocycles. The first-order chi connectivity index (χ1) is 17.8. The smallest absolute Gasteiger partial charge is 0.335 e. The minimum atomic E-state index is -0.756. The van der Waals surface area contributed by atoms with E-state index < -0.39 is 17.8 Å². The SMILES string of the molecule is COc1cc(Br)cc(/C=C2\C(=O)NC(=O)N(c3ccc(C45CC6CC(CC(C6)C4)C5)cc3)C2=O)c1OC. The molecular weight excluding hydrogens is 536 g/mol. The fourth-order valence-electron chi connectivity index (χ4n) is 7.54. The van der Waals surface area contributed by atoms with Gasteiger partial charge in [-0.3, -0.25) is 14.9 Å². The number of hydrogen-bond donors (Lipinski definition) is 1. The number of halogens is 1. The van der Waals surface area contributed by atoms with Crippen molar-refractivity contribution in [3.8, 4) is 11.5 Å². The molecule has 0 unspecified atom stereocenters. The largest absolute Gasteiger partial charge is 0.493 e. The monoisotopic (exact) mass is 564 g/mol. The summed E-state index contributed by atoms with van der Waals surface area (Å²) in [4.78, 5) is 40.0. The highest BCUT2D eigenvalue weighted by atomic mass is 79.9. The number of carbonyl (C=O) groups is 3. The van der Waals surface area contributed by atoms with E-state index in [0.29, 0.717) is 27.2 Å². The number of methoxy groups -OCH3 is 2. The van der Waals surface area contributed by atoms with Crippen LogP contribution >= 0.6 is 15.9 Å². The molecule has 4 saturated carbocycles. The van der Waals surface area contributed by atoms with E-state index in [1.807, 2.05) is 12.1 Å². The molecule has 7 rings (SSSR count). The zero-order chi connectivity index (χ0) is 25.9. The number of anilines is 1. The number of nitrogens with zero attached hydrogens (tertiary/aromatic N) is 1. The summed E-state index contributed by atoms with van der Waals surface area (Å²) in [7, 11) is 2.99. The van der Waals surface area contributed by atoms with Crippen molar-refractivity contribution in [2.24, 2.45) is 17.8 Å². The molecule has 192 valence electrons. The van der Waals surface area contributed by atoms with Crippen molar-refractivity contribution in [1.29, 1.82) is 0 Å². The summed E-state index contributed by atoms with van der Waals surface area (Å²) in [6.07, 6.45) is 9.25. The molecule has 0 spiro atoms. The molecule has 1 aliphatic heterocycles. The Hall–Kier alpha value is -3.13. The van der Waals surface area contributed by atoms with Crippen LogP contribution in [0.15, 0.2) is 46.4 Å². The third kappa shape index (κ3) is 4.06. The number of barbiturate groups is 1. The highest BCUT2D eigenvalue weighted by molar-refractivity contribution is 9.10.